The largest absolute Gasteiger partial charge is 0.444 e. The highest BCUT2D eigenvalue weighted by Crippen LogP contribution is 2.33. The number of allylic oxidation sites excluding steroid dienone is 2. The maximum Gasteiger partial charge on any atom is 0.407 e. The number of nitrogens with zero attached hydrogens (tertiary/aromatic N) is 1. The number of alkyl carbamates (subject to hydrolysis) is 1. The molecule has 176 valence electrons. The fraction of sp³-hybridized carbons (Fsp3) is 0.640. The van der Waals surface area contributed by atoms with E-state index in [1.807, 2.05) is 59.7 Å². The van der Waals surface area contributed by atoms with Gasteiger partial charge in [-0.25, -0.2) is 4.79 Å². The van der Waals surface area contributed by atoms with Gasteiger partial charge in [0.2, 0.25) is 0 Å². The number of carbonyl (C=O) groups excluding carboxylic acids is 1. The maximum atomic E-state index is 12.0. The van der Waals surface area contributed by atoms with E-state index in [-0.39, 0.29) is 0 Å². The fourth-order valence-corrected chi connectivity index (χ4v) is 3.76. The smallest absolute Gasteiger partial charge is 0.407 e. The van der Waals surface area contributed by atoms with E-state index in [0.29, 0.717) is 24.7 Å². The summed E-state index contributed by atoms with van der Waals surface area (Å²) in [6, 6.07) is 5.63. The van der Waals surface area contributed by atoms with Gasteiger partial charge in [-0.15, -0.1) is 0 Å². The lowest BCUT2D eigenvalue weighted by molar-refractivity contribution is 0.0520. The lowest BCUT2D eigenvalue weighted by Crippen LogP contribution is -2.39. The molecule has 2 rings (SSSR count). The summed E-state index contributed by atoms with van der Waals surface area (Å²) in [5.74, 6) is 0. The number of aliphatic hydroxyl groups excluding tert-OH is 1. The van der Waals surface area contributed by atoms with Crippen molar-refractivity contribution in [3.05, 3.63) is 45.6 Å². The van der Waals surface area contributed by atoms with E-state index in [1.54, 1.807) is 0 Å². The third-order valence-electron chi connectivity index (χ3n) is 5.19. The molecule has 0 saturated heterocycles. The molecule has 1 aromatic rings. The van der Waals surface area contributed by atoms with Crippen molar-refractivity contribution in [2.45, 2.75) is 85.9 Å². The van der Waals surface area contributed by atoms with Gasteiger partial charge in [0, 0.05) is 30.4 Å². The summed E-state index contributed by atoms with van der Waals surface area (Å²) < 4.78 is 5.32. The lowest BCUT2D eigenvalue weighted by Gasteiger charge is -2.34. The number of benzene rings is 1. The molecule has 0 bridgehead atoms. The van der Waals surface area contributed by atoms with E-state index in [4.69, 9.17) is 16.3 Å². The molecule has 1 aromatic carbocycles. The average molecular weight is 453 g/mol. The molecule has 1 amide bonds. The second kappa shape index (κ2) is 13.0. The Bertz CT molecular complexity index is 735. The number of hydrogen-bond donors (Lipinski definition) is 2. The van der Waals surface area contributed by atoms with E-state index in [2.05, 4.69) is 17.1 Å². The molecule has 1 atom stereocenters. The van der Waals surface area contributed by atoms with Gasteiger partial charge in [0.1, 0.15) is 5.60 Å². The molecular weight excluding hydrogens is 412 g/mol. The second-order valence-electron chi connectivity index (χ2n) is 8.60. The summed E-state index contributed by atoms with van der Waals surface area (Å²) in [6.07, 6.45) is 3.29. The molecule has 1 fully saturated rings. The Labute approximate surface area is 193 Å². The highest BCUT2D eigenvalue weighted by molar-refractivity contribution is 6.31. The number of aliphatic hydroxyl groups is 1. The van der Waals surface area contributed by atoms with Crippen LogP contribution >= 0.6 is 11.6 Å². The van der Waals surface area contributed by atoms with E-state index in [1.165, 1.54) is 17.7 Å². The number of halogens is 1. The first kappa shape index (κ1) is 27.3. The van der Waals surface area contributed by atoms with Gasteiger partial charge in [-0.1, -0.05) is 50.1 Å². The molecule has 1 aliphatic carbocycles. The topological polar surface area (TPSA) is 61.8 Å². The molecule has 0 spiro atoms. The van der Waals surface area contributed by atoms with E-state index < -0.39 is 17.8 Å². The molecular formula is C25H41ClN2O3. The van der Waals surface area contributed by atoms with Gasteiger partial charge < -0.3 is 20.1 Å². The van der Waals surface area contributed by atoms with Crippen molar-refractivity contribution in [2.75, 3.05) is 19.6 Å². The van der Waals surface area contributed by atoms with Crippen LogP contribution in [0.15, 0.2) is 29.5 Å². The Morgan fingerprint density at radius 2 is 1.94 bits per heavy atom. The number of amides is 1. The normalized spacial score (nSPS) is 14.0. The minimum absolute atomic E-state index is 0.418. The van der Waals surface area contributed by atoms with Crippen LogP contribution in [0.3, 0.4) is 0 Å². The van der Waals surface area contributed by atoms with E-state index in [0.717, 1.165) is 30.4 Å². The monoisotopic (exact) mass is 452 g/mol. The zero-order valence-electron chi connectivity index (χ0n) is 20.3. The SMILES string of the molecule is CC.CCC(=C1CCC1)N(CCNC(=O)OC(C)(C)C)CC(O)c1cccc(Cl)c1C. The van der Waals surface area contributed by atoms with Gasteiger partial charge in [-0.2, -0.15) is 0 Å². The first-order valence-electron chi connectivity index (χ1n) is 11.5. The fourth-order valence-electron chi connectivity index (χ4n) is 3.58. The van der Waals surface area contributed by atoms with Crippen LogP contribution in [0.5, 0.6) is 0 Å². The van der Waals surface area contributed by atoms with Crippen LogP contribution in [0.4, 0.5) is 4.79 Å². The summed E-state index contributed by atoms with van der Waals surface area (Å²) in [6.45, 7) is 15.1. The summed E-state index contributed by atoms with van der Waals surface area (Å²) >= 11 is 6.24. The first-order valence-corrected chi connectivity index (χ1v) is 11.9. The minimum Gasteiger partial charge on any atom is -0.444 e. The van der Waals surface area contributed by atoms with Crippen molar-refractivity contribution in [1.82, 2.24) is 10.2 Å². The van der Waals surface area contributed by atoms with Crippen molar-refractivity contribution < 1.29 is 14.6 Å². The van der Waals surface area contributed by atoms with Crippen LogP contribution in [0.1, 0.15) is 84.5 Å². The van der Waals surface area contributed by atoms with Crippen LogP contribution in [-0.2, 0) is 4.74 Å². The number of nitrogens with one attached hydrogen (secondary N) is 1. The van der Waals surface area contributed by atoms with Gasteiger partial charge in [0.05, 0.1) is 6.10 Å². The molecule has 1 aliphatic rings. The Kier molecular flexibility index (Phi) is 11.4. The van der Waals surface area contributed by atoms with Gasteiger partial charge >= 0.3 is 6.09 Å². The molecule has 6 heteroatoms. The van der Waals surface area contributed by atoms with Crippen LogP contribution < -0.4 is 5.32 Å². The van der Waals surface area contributed by atoms with Crippen molar-refractivity contribution in [3.63, 3.8) is 0 Å². The summed E-state index contributed by atoms with van der Waals surface area (Å²) in [5, 5.41) is 14.4. The zero-order valence-corrected chi connectivity index (χ0v) is 21.1. The van der Waals surface area contributed by atoms with E-state index >= 15 is 0 Å². The molecule has 1 unspecified atom stereocenters. The molecule has 1 saturated carbocycles. The molecule has 0 aliphatic heterocycles. The van der Waals surface area contributed by atoms with Crippen LogP contribution in [0, 0.1) is 6.92 Å². The van der Waals surface area contributed by atoms with Crippen LogP contribution in [0.2, 0.25) is 5.02 Å². The summed E-state index contributed by atoms with van der Waals surface area (Å²) in [7, 11) is 0. The summed E-state index contributed by atoms with van der Waals surface area (Å²) in [4.78, 5) is 14.2. The van der Waals surface area contributed by atoms with Crippen molar-refractivity contribution in [1.29, 1.82) is 0 Å². The third-order valence-corrected chi connectivity index (χ3v) is 5.60. The Balaban J connectivity index is 0.00000233. The third kappa shape index (κ3) is 8.74. The molecule has 0 heterocycles. The molecule has 31 heavy (non-hydrogen) atoms. The highest BCUT2D eigenvalue weighted by Gasteiger charge is 2.23. The number of hydrogen-bond acceptors (Lipinski definition) is 4. The van der Waals surface area contributed by atoms with Crippen molar-refractivity contribution in [2.24, 2.45) is 0 Å². The minimum atomic E-state index is -0.655. The molecule has 0 radical (unpaired) electrons. The Morgan fingerprint density at radius 3 is 2.45 bits per heavy atom. The second-order valence-corrected chi connectivity index (χ2v) is 9.01. The maximum absolute atomic E-state index is 12.0. The van der Waals surface area contributed by atoms with Gasteiger partial charge in [0.25, 0.3) is 0 Å². The lowest BCUT2D eigenvalue weighted by atomic mass is 9.89. The van der Waals surface area contributed by atoms with E-state index in [9.17, 15) is 9.90 Å². The van der Waals surface area contributed by atoms with Crippen molar-refractivity contribution >= 4 is 17.7 Å². The predicted molar refractivity (Wildman–Crippen MR) is 129 cm³/mol. The van der Waals surface area contributed by atoms with Crippen LogP contribution in [0.25, 0.3) is 0 Å². The Hall–Kier alpha value is -1.72. The first-order chi connectivity index (χ1) is 14.6. The van der Waals surface area contributed by atoms with Gasteiger partial charge in [-0.05, 0) is 70.6 Å². The van der Waals surface area contributed by atoms with Crippen LogP contribution in [-0.4, -0.2) is 41.3 Å². The number of rotatable bonds is 8. The molecule has 5 nitrogen and oxygen atoms in total. The predicted octanol–water partition coefficient (Wildman–Crippen LogP) is 6.38. The quantitative estimate of drug-likeness (QED) is 0.480. The molecule has 2 N–H and O–H groups in total. The van der Waals surface area contributed by atoms with Gasteiger partial charge in [-0.3, -0.25) is 0 Å². The molecule has 0 aromatic heterocycles. The Morgan fingerprint density at radius 1 is 1.29 bits per heavy atom. The van der Waals surface area contributed by atoms with Gasteiger partial charge in [0.15, 0.2) is 0 Å². The zero-order chi connectivity index (χ0) is 23.6. The number of ether oxygens (including phenoxy) is 1. The number of carbonyl (C=O) groups is 1. The standard InChI is InChI=1S/C23H35ClN2O3.C2H6/c1-6-20(17-9-7-10-17)26(14-13-25-22(28)29-23(3,4)5)15-21(27)18-11-8-12-19(24)16(18)2;1-2/h8,11-12,21,27H,6-7,9-10,13-15H2,1-5H3,(H,25,28);1-2H3. The average Bonchev–Trinajstić information content (AvgIpc) is 2.66. The summed E-state index contributed by atoms with van der Waals surface area (Å²) in [5.41, 5.74) is 3.97. The van der Waals surface area contributed by atoms with Crippen molar-refractivity contribution in [3.8, 4) is 0 Å². The highest BCUT2D eigenvalue weighted by atomic mass is 35.5.